The third-order valence-corrected chi connectivity index (χ3v) is 5.29. The molecule has 0 radical (unpaired) electrons. The van der Waals surface area contributed by atoms with Gasteiger partial charge in [-0.3, -0.25) is 0 Å². The van der Waals surface area contributed by atoms with Crippen molar-refractivity contribution in [2.45, 2.75) is 26.7 Å². The average molecular weight is 525 g/mol. The van der Waals surface area contributed by atoms with Gasteiger partial charge in [0.1, 0.15) is 0 Å². The summed E-state index contributed by atoms with van der Waals surface area (Å²) in [5.74, 6) is 0.636. The minimum absolute atomic E-state index is 0. The predicted molar refractivity (Wildman–Crippen MR) is 123 cm³/mol. The second-order valence-electron chi connectivity index (χ2n) is 7.78. The molecule has 0 aromatic heterocycles. The summed E-state index contributed by atoms with van der Waals surface area (Å²) in [5, 5.41) is 5.41. The van der Waals surface area contributed by atoms with Crippen molar-refractivity contribution in [2.24, 2.45) is 0 Å². The monoisotopic (exact) mass is 522 g/mol. The largest absolute Gasteiger partial charge is 4.00 e. The van der Waals surface area contributed by atoms with Crippen LogP contribution in [0.3, 0.4) is 0 Å². The minimum atomic E-state index is 0. The number of halogens is 2. The van der Waals surface area contributed by atoms with E-state index in [4.69, 9.17) is 0 Å². The van der Waals surface area contributed by atoms with Crippen molar-refractivity contribution < 1.29 is 51.0 Å². The van der Waals surface area contributed by atoms with Crippen LogP contribution in [-0.4, -0.2) is 0 Å². The van der Waals surface area contributed by atoms with Crippen LogP contribution in [-0.2, 0) is 26.2 Å². The second-order valence-corrected chi connectivity index (χ2v) is 7.78. The summed E-state index contributed by atoms with van der Waals surface area (Å²) in [7, 11) is 0. The number of fused-ring (bicyclic) bond motifs is 2. The van der Waals surface area contributed by atoms with E-state index in [1.165, 1.54) is 43.8 Å². The molecule has 0 bridgehead atoms. The van der Waals surface area contributed by atoms with E-state index in [9.17, 15) is 0 Å². The van der Waals surface area contributed by atoms with Crippen molar-refractivity contribution in [1.82, 2.24) is 0 Å². The topological polar surface area (TPSA) is 0 Å². The van der Waals surface area contributed by atoms with Crippen LogP contribution in [0.1, 0.15) is 30.9 Å². The number of benzene rings is 3. The maximum absolute atomic E-state index is 2.28. The third kappa shape index (κ3) is 6.42. The average Bonchev–Trinajstić information content (AvgIpc) is 3.31. The maximum Gasteiger partial charge on any atom is 4.00 e. The normalized spacial score (nSPS) is 9.94. The van der Waals surface area contributed by atoms with E-state index in [1.807, 2.05) is 0 Å². The van der Waals surface area contributed by atoms with Gasteiger partial charge in [0.25, 0.3) is 0 Å². The zero-order valence-corrected chi connectivity index (χ0v) is 22.0. The standard InChI is InChI=1S/C16H13.C12H13.2ClH.Zr/c1-12-10-14-8-5-9-15(16(14)11-12)13-6-3-2-4-7-13;1-9(2)12-7-10-5-3-4-6-11(10)8-12;;;/h2-11H,1H3;3-9H,1-2H3;2*1H;/q2*-1;;;+4/p-2. The fourth-order valence-electron chi connectivity index (χ4n) is 3.76. The first-order valence-electron chi connectivity index (χ1n) is 9.98. The first kappa shape index (κ1) is 27.4. The molecule has 0 heterocycles. The van der Waals surface area contributed by atoms with Gasteiger partial charge in [-0.15, -0.1) is 75.1 Å². The van der Waals surface area contributed by atoms with Gasteiger partial charge in [-0.05, 0) is 11.5 Å². The van der Waals surface area contributed by atoms with E-state index in [0.29, 0.717) is 5.92 Å². The number of hydrogen-bond acceptors (Lipinski definition) is 0. The van der Waals surface area contributed by atoms with Gasteiger partial charge in [-0.25, -0.2) is 0 Å². The first-order valence-corrected chi connectivity index (χ1v) is 9.98. The SMILES string of the molecule is CC(C)c1cc2ccccc2[cH-]1.Cc1cc2c(-c3ccccc3)cccc2[cH-]1.[Cl-].[Cl-].[Zr+4]. The zero-order valence-electron chi connectivity index (χ0n) is 18.1. The van der Waals surface area contributed by atoms with Crippen LogP contribution < -0.4 is 24.8 Å². The summed E-state index contributed by atoms with van der Waals surface area (Å²) in [6, 6.07) is 34.6. The summed E-state index contributed by atoms with van der Waals surface area (Å²) < 4.78 is 0. The number of hydrogen-bond donors (Lipinski definition) is 0. The summed E-state index contributed by atoms with van der Waals surface area (Å²) in [5.41, 5.74) is 5.39. The van der Waals surface area contributed by atoms with Crippen LogP contribution in [0.15, 0.2) is 97.1 Å². The van der Waals surface area contributed by atoms with E-state index in [2.05, 4.69) is 118 Å². The molecule has 3 heteroatoms. The van der Waals surface area contributed by atoms with E-state index < -0.39 is 0 Å². The van der Waals surface area contributed by atoms with E-state index in [0.717, 1.165) is 0 Å². The Hall–Kier alpha value is -1.66. The Morgan fingerprint density at radius 2 is 1.32 bits per heavy atom. The molecule has 0 amide bonds. The molecule has 0 N–H and O–H groups in total. The molecule has 0 spiro atoms. The van der Waals surface area contributed by atoms with Crippen molar-refractivity contribution in [1.29, 1.82) is 0 Å². The van der Waals surface area contributed by atoms with Gasteiger partial charge in [-0.2, -0.15) is 12.1 Å². The number of aryl methyl sites for hydroxylation is 1. The molecule has 0 unspecified atom stereocenters. The van der Waals surface area contributed by atoms with Crippen molar-refractivity contribution in [3.8, 4) is 11.1 Å². The third-order valence-electron chi connectivity index (χ3n) is 5.29. The fraction of sp³-hybridized carbons (Fsp3) is 0.143. The molecule has 0 nitrogen and oxygen atoms in total. The molecule has 5 rings (SSSR count). The van der Waals surface area contributed by atoms with Gasteiger partial charge in [-0.1, -0.05) is 68.8 Å². The summed E-state index contributed by atoms with van der Waals surface area (Å²) >= 11 is 0. The predicted octanol–water partition coefficient (Wildman–Crippen LogP) is 2.22. The summed E-state index contributed by atoms with van der Waals surface area (Å²) in [6.45, 7) is 6.61. The molecule has 0 aliphatic carbocycles. The Morgan fingerprint density at radius 1 is 0.677 bits per heavy atom. The zero-order chi connectivity index (χ0) is 19.5. The molecule has 0 fully saturated rings. The molecule has 0 atom stereocenters. The molecule has 5 aromatic carbocycles. The molecule has 0 saturated heterocycles. The molecule has 156 valence electrons. The summed E-state index contributed by atoms with van der Waals surface area (Å²) in [4.78, 5) is 0. The van der Waals surface area contributed by atoms with Crippen LogP contribution in [0.5, 0.6) is 0 Å². The Labute approximate surface area is 217 Å². The van der Waals surface area contributed by atoms with Crippen molar-refractivity contribution in [3.05, 3.63) is 108 Å². The Kier molecular flexibility index (Phi) is 10.9. The Bertz CT molecular complexity index is 1170. The van der Waals surface area contributed by atoms with Crippen molar-refractivity contribution in [3.63, 3.8) is 0 Å². The minimum Gasteiger partial charge on any atom is -1.00 e. The van der Waals surface area contributed by atoms with Crippen LogP contribution >= 0.6 is 0 Å². The molecular formula is C28H26Cl2Zr. The van der Waals surface area contributed by atoms with Gasteiger partial charge in [0.15, 0.2) is 0 Å². The molecule has 0 saturated carbocycles. The molecule has 0 aliphatic rings. The van der Waals surface area contributed by atoms with Gasteiger partial charge in [0.05, 0.1) is 0 Å². The van der Waals surface area contributed by atoms with Crippen molar-refractivity contribution >= 4 is 21.5 Å². The first-order chi connectivity index (χ1) is 13.6. The molecule has 5 aromatic rings. The van der Waals surface area contributed by atoms with Crippen LogP contribution in [0.2, 0.25) is 0 Å². The van der Waals surface area contributed by atoms with Gasteiger partial charge in [0.2, 0.25) is 0 Å². The summed E-state index contributed by atoms with van der Waals surface area (Å²) in [6.07, 6.45) is 0. The van der Waals surface area contributed by atoms with Crippen LogP contribution in [0.25, 0.3) is 32.7 Å². The van der Waals surface area contributed by atoms with E-state index in [-0.39, 0.29) is 51.0 Å². The molecular weight excluding hydrogens is 498 g/mol. The van der Waals surface area contributed by atoms with Crippen molar-refractivity contribution in [2.75, 3.05) is 0 Å². The fourth-order valence-corrected chi connectivity index (χ4v) is 3.76. The van der Waals surface area contributed by atoms with E-state index in [1.54, 1.807) is 0 Å². The van der Waals surface area contributed by atoms with Gasteiger partial charge >= 0.3 is 26.2 Å². The van der Waals surface area contributed by atoms with Gasteiger partial charge < -0.3 is 24.8 Å². The van der Waals surface area contributed by atoms with E-state index >= 15 is 0 Å². The van der Waals surface area contributed by atoms with Gasteiger partial charge in [0, 0.05) is 0 Å². The second kappa shape index (κ2) is 12.4. The quantitative estimate of drug-likeness (QED) is 0.311. The number of rotatable bonds is 2. The Morgan fingerprint density at radius 3 is 2.00 bits per heavy atom. The van der Waals surface area contributed by atoms with Crippen LogP contribution in [0, 0.1) is 6.92 Å². The Balaban J connectivity index is 0.000000292. The molecule has 0 aliphatic heterocycles. The molecule has 31 heavy (non-hydrogen) atoms. The van der Waals surface area contributed by atoms with Crippen LogP contribution in [0.4, 0.5) is 0 Å². The maximum atomic E-state index is 2.28. The smallest absolute Gasteiger partial charge is 1.00 e.